The molecular weight excluding hydrogens is 283 g/mol. The van der Waals surface area contributed by atoms with Crippen LogP contribution in [0.2, 0.25) is 0 Å². The van der Waals surface area contributed by atoms with Gasteiger partial charge >= 0.3 is 16.3 Å². The molecule has 0 heterocycles. The highest BCUT2D eigenvalue weighted by atomic mass is 32.2. The van der Waals surface area contributed by atoms with Crippen molar-refractivity contribution in [3.05, 3.63) is 35.4 Å². The molecule has 1 unspecified atom stereocenters. The molecule has 0 aliphatic rings. The third-order valence-corrected chi connectivity index (χ3v) is 3.19. The van der Waals surface area contributed by atoms with Gasteiger partial charge in [-0.2, -0.15) is 17.4 Å². The van der Waals surface area contributed by atoms with E-state index in [1.165, 1.54) is 12.1 Å². The van der Waals surface area contributed by atoms with Crippen LogP contribution >= 0.6 is 0 Å². The van der Waals surface area contributed by atoms with Gasteiger partial charge in [-0.3, -0.25) is 0 Å². The Balaban J connectivity index is 2.35. The van der Waals surface area contributed by atoms with Crippen molar-refractivity contribution in [3.63, 3.8) is 0 Å². The van der Waals surface area contributed by atoms with E-state index in [9.17, 15) is 17.4 Å². The molecule has 3 N–H and O–H groups in total. The molecule has 1 rings (SSSR count). The van der Waals surface area contributed by atoms with E-state index in [2.05, 4.69) is 5.32 Å². The molecule has 108 valence electrons. The molecule has 4 nitrogen and oxygen atoms in total. The van der Waals surface area contributed by atoms with Crippen molar-refractivity contribution in [2.45, 2.75) is 19.1 Å². The number of hydrogen-bond donors (Lipinski definition) is 2. The highest BCUT2D eigenvalue weighted by Crippen LogP contribution is 2.28. The minimum absolute atomic E-state index is 0.229. The van der Waals surface area contributed by atoms with Crippen LogP contribution in [0, 0.1) is 0 Å². The number of alkyl halides is 3. The highest BCUT2D eigenvalue weighted by molar-refractivity contribution is 7.85. The molecule has 1 aromatic carbocycles. The first-order valence-corrected chi connectivity index (χ1v) is 7.16. The quantitative estimate of drug-likeness (QED) is 0.480. The minimum atomic E-state index is -4.34. The van der Waals surface area contributed by atoms with E-state index in [1.807, 2.05) is 0 Å². The van der Waals surface area contributed by atoms with E-state index < -0.39 is 21.9 Å². The first-order valence-electron chi connectivity index (χ1n) is 5.52. The summed E-state index contributed by atoms with van der Waals surface area (Å²) in [5.74, 6) is -0.229. The van der Waals surface area contributed by atoms with Crippen molar-refractivity contribution in [2.75, 3.05) is 12.3 Å². The van der Waals surface area contributed by atoms with Crippen LogP contribution in [0.3, 0.4) is 0 Å². The number of benzene rings is 1. The van der Waals surface area contributed by atoms with Gasteiger partial charge in [0.05, 0.1) is 5.56 Å². The molecular formula is C11H15F3NO3S+. The summed E-state index contributed by atoms with van der Waals surface area (Å²) in [4.78, 5) is 0. The Hall–Kier alpha value is -1.12. The van der Waals surface area contributed by atoms with Crippen molar-refractivity contribution in [2.24, 2.45) is 0 Å². The molecule has 1 atom stereocenters. The maximum atomic E-state index is 12.3. The summed E-state index contributed by atoms with van der Waals surface area (Å²) < 4.78 is 64.6. The lowest BCUT2D eigenvalue weighted by Crippen LogP contribution is -2.18. The molecule has 0 aliphatic heterocycles. The molecule has 0 saturated carbocycles. The fourth-order valence-corrected chi connectivity index (χ4v) is 1.95. The lowest BCUT2D eigenvalue weighted by molar-refractivity contribution is -0.137. The van der Waals surface area contributed by atoms with Crippen molar-refractivity contribution in [3.8, 4) is 0 Å². The highest BCUT2D eigenvalue weighted by Gasteiger charge is 2.29. The molecule has 1 aromatic rings. The van der Waals surface area contributed by atoms with Gasteiger partial charge in [0.15, 0.2) is 0 Å². The van der Waals surface area contributed by atoms with Gasteiger partial charge in [0.25, 0.3) is 0 Å². The fraction of sp³-hybridized carbons (Fsp3) is 0.455. The summed E-state index contributed by atoms with van der Waals surface area (Å²) in [6.45, 7) is 0.745. The normalized spacial score (nSPS) is 15.2. The Morgan fingerprint density at radius 1 is 1.26 bits per heavy atom. The third-order valence-electron chi connectivity index (χ3n) is 2.37. The van der Waals surface area contributed by atoms with Gasteiger partial charge in [-0.25, -0.2) is 8.76 Å². The summed E-state index contributed by atoms with van der Waals surface area (Å²) in [5.41, 5.74) is -0.0155. The lowest BCUT2D eigenvalue weighted by atomic mass is 10.1. The van der Waals surface area contributed by atoms with Crippen LogP contribution < -0.4 is 5.32 Å². The van der Waals surface area contributed by atoms with E-state index in [4.69, 9.17) is 8.76 Å². The third kappa shape index (κ3) is 6.55. The van der Waals surface area contributed by atoms with E-state index in [1.54, 1.807) is 0 Å². The molecule has 0 radical (unpaired) electrons. The molecule has 0 spiro atoms. The SMILES string of the molecule is O=S(O)(=[OH+])CCCNCc1ccc(C(F)(F)F)cc1. The molecule has 19 heavy (non-hydrogen) atoms. The molecule has 0 fully saturated rings. The van der Waals surface area contributed by atoms with Crippen LogP contribution in [-0.4, -0.2) is 25.3 Å². The van der Waals surface area contributed by atoms with E-state index in [0.717, 1.165) is 12.1 Å². The number of rotatable bonds is 6. The van der Waals surface area contributed by atoms with Gasteiger partial charge < -0.3 is 5.32 Å². The zero-order chi connectivity index (χ0) is 14.5. The maximum Gasteiger partial charge on any atom is 0.416 e. The monoisotopic (exact) mass is 298 g/mol. The van der Waals surface area contributed by atoms with E-state index >= 15 is 0 Å². The Labute approximate surface area is 109 Å². The van der Waals surface area contributed by atoms with Crippen molar-refractivity contribution >= 4 is 10.1 Å². The summed E-state index contributed by atoms with van der Waals surface area (Å²) in [6, 6.07) is 4.75. The zero-order valence-corrected chi connectivity index (χ0v) is 10.8. The Morgan fingerprint density at radius 3 is 2.32 bits per heavy atom. The second kappa shape index (κ2) is 6.36. The van der Waals surface area contributed by atoms with Crippen molar-refractivity contribution in [1.82, 2.24) is 5.32 Å². The predicted molar refractivity (Wildman–Crippen MR) is 65.3 cm³/mol. The van der Waals surface area contributed by atoms with Crippen LogP contribution in [0.5, 0.6) is 0 Å². The smallest absolute Gasteiger partial charge is 0.313 e. The first-order chi connectivity index (χ1) is 8.68. The van der Waals surface area contributed by atoms with E-state index in [-0.39, 0.29) is 5.75 Å². The van der Waals surface area contributed by atoms with Gasteiger partial charge in [-0.15, -0.1) is 0 Å². The second-order valence-electron chi connectivity index (χ2n) is 4.04. The van der Waals surface area contributed by atoms with Crippen molar-refractivity contribution in [1.29, 1.82) is 0 Å². The Kier molecular flexibility index (Phi) is 5.33. The van der Waals surface area contributed by atoms with Crippen LogP contribution in [0.25, 0.3) is 0 Å². The Bertz CT molecular complexity index is 497. The predicted octanol–water partition coefficient (Wildman–Crippen LogP) is 2.23. The lowest BCUT2D eigenvalue weighted by Gasteiger charge is -2.08. The van der Waals surface area contributed by atoms with Crippen LogP contribution in [0.15, 0.2) is 24.3 Å². The summed E-state index contributed by atoms with van der Waals surface area (Å²) in [5, 5.41) is 2.90. The number of nitrogens with one attached hydrogen (secondary N) is 1. The average molecular weight is 298 g/mol. The maximum absolute atomic E-state index is 12.3. The van der Waals surface area contributed by atoms with Gasteiger partial charge in [-0.05, 0) is 30.7 Å². The standard InChI is InChI=1S/C11H14F3NO3S/c12-11(13,14)10-4-2-9(3-5-10)8-15-6-1-7-19(16,17)18/h2-5,15H,1,6-8H2,(H,16,17,18)/p+1. The zero-order valence-electron chi connectivity index (χ0n) is 9.98. The molecule has 0 saturated heterocycles. The average Bonchev–Trinajstić information content (AvgIpc) is 2.26. The summed E-state index contributed by atoms with van der Waals surface area (Å²) in [6.07, 6.45) is -4.04. The molecule has 0 amide bonds. The number of halogens is 3. The van der Waals surface area contributed by atoms with E-state index in [0.29, 0.717) is 25.1 Å². The van der Waals surface area contributed by atoms with Gasteiger partial charge in [0.2, 0.25) is 0 Å². The van der Waals surface area contributed by atoms with Crippen LogP contribution in [0.1, 0.15) is 17.5 Å². The molecule has 0 aromatic heterocycles. The molecule has 0 aliphatic carbocycles. The largest absolute Gasteiger partial charge is 0.416 e. The molecule has 8 heteroatoms. The Morgan fingerprint density at radius 2 is 1.84 bits per heavy atom. The fourth-order valence-electron chi connectivity index (χ4n) is 1.43. The van der Waals surface area contributed by atoms with Crippen molar-refractivity contribution < 1.29 is 26.1 Å². The van der Waals surface area contributed by atoms with Gasteiger partial charge in [0.1, 0.15) is 5.75 Å². The van der Waals surface area contributed by atoms with Crippen LogP contribution in [-0.2, 0) is 22.8 Å². The van der Waals surface area contributed by atoms with Crippen LogP contribution in [0.4, 0.5) is 13.2 Å². The minimum Gasteiger partial charge on any atom is -0.313 e. The molecule has 0 bridgehead atoms. The van der Waals surface area contributed by atoms with Gasteiger partial charge in [-0.1, -0.05) is 12.1 Å². The number of hydrogen-bond acceptors (Lipinski definition) is 2. The first kappa shape index (κ1) is 15.9. The second-order valence-corrected chi connectivity index (χ2v) is 5.66. The van der Waals surface area contributed by atoms with Gasteiger partial charge in [0, 0.05) is 6.54 Å². The summed E-state index contributed by atoms with van der Waals surface area (Å²) in [7, 11) is -3.71. The topological polar surface area (TPSA) is 70.7 Å². The summed E-state index contributed by atoms with van der Waals surface area (Å²) >= 11 is 0.